The van der Waals surface area contributed by atoms with Crippen LogP contribution in [0.4, 0.5) is 0 Å². The van der Waals surface area contributed by atoms with Gasteiger partial charge in [-0.1, -0.05) is 65.7 Å². The topological polar surface area (TPSA) is 27.7 Å². The Labute approximate surface area is 153 Å². The standard InChI is InChI=1S/C20H44O3Si/c1-20(2,3)24(6,7)23-18-16-14-12-10-8-9-11-13-15-17-19(21-4)22-5/h19H,8-18H2,1-7H3. The molecule has 0 atom stereocenters. The fourth-order valence-corrected chi connectivity index (χ4v) is 3.61. The van der Waals surface area contributed by atoms with Crippen LogP contribution >= 0.6 is 0 Å². The lowest BCUT2D eigenvalue weighted by Crippen LogP contribution is -2.40. The lowest BCUT2D eigenvalue weighted by Gasteiger charge is -2.36. The van der Waals surface area contributed by atoms with Gasteiger partial charge in [0.15, 0.2) is 14.6 Å². The fourth-order valence-electron chi connectivity index (χ4n) is 2.53. The van der Waals surface area contributed by atoms with Gasteiger partial charge in [-0.2, -0.15) is 0 Å². The van der Waals surface area contributed by atoms with Crippen molar-refractivity contribution in [2.24, 2.45) is 0 Å². The molecule has 0 aliphatic carbocycles. The molecule has 0 bridgehead atoms. The van der Waals surface area contributed by atoms with E-state index in [4.69, 9.17) is 13.9 Å². The quantitative estimate of drug-likeness (QED) is 0.189. The van der Waals surface area contributed by atoms with E-state index in [0.29, 0.717) is 5.04 Å². The molecule has 3 nitrogen and oxygen atoms in total. The Hall–Kier alpha value is 0.0969. The molecule has 0 saturated carbocycles. The smallest absolute Gasteiger partial charge is 0.191 e. The largest absolute Gasteiger partial charge is 0.417 e. The van der Waals surface area contributed by atoms with E-state index in [0.717, 1.165) is 13.0 Å². The van der Waals surface area contributed by atoms with E-state index in [1.165, 1.54) is 57.8 Å². The summed E-state index contributed by atoms with van der Waals surface area (Å²) < 4.78 is 16.6. The summed E-state index contributed by atoms with van der Waals surface area (Å²) in [6.07, 6.45) is 12.9. The molecule has 0 N–H and O–H groups in total. The van der Waals surface area contributed by atoms with Crippen LogP contribution in [0.25, 0.3) is 0 Å². The molecule has 0 aliphatic heterocycles. The van der Waals surface area contributed by atoms with Crippen LogP contribution in [0.2, 0.25) is 18.1 Å². The zero-order chi connectivity index (χ0) is 18.5. The highest BCUT2D eigenvalue weighted by Gasteiger charge is 2.36. The minimum Gasteiger partial charge on any atom is -0.417 e. The predicted octanol–water partition coefficient (Wildman–Crippen LogP) is 6.53. The van der Waals surface area contributed by atoms with Crippen molar-refractivity contribution in [1.82, 2.24) is 0 Å². The molecular formula is C20H44O3Si. The molecule has 0 fully saturated rings. The predicted molar refractivity (Wildman–Crippen MR) is 107 cm³/mol. The molecule has 0 unspecified atom stereocenters. The summed E-state index contributed by atoms with van der Waals surface area (Å²) in [6, 6.07) is 0. The molecule has 0 aromatic heterocycles. The first-order chi connectivity index (χ1) is 11.2. The van der Waals surface area contributed by atoms with Crippen molar-refractivity contribution in [3.05, 3.63) is 0 Å². The molecular weight excluding hydrogens is 316 g/mol. The van der Waals surface area contributed by atoms with E-state index < -0.39 is 8.32 Å². The molecule has 0 rings (SSSR count). The van der Waals surface area contributed by atoms with E-state index in [-0.39, 0.29) is 6.29 Å². The Kier molecular flexibility index (Phi) is 13.4. The summed E-state index contributed by atoms with van der Waals surface area (Å²) in [5, 5.41) is 0.333. The Balaban J connectivity index is 3.35. The number of hydrogen-bond acceptors (Lipinski definition) is 3. The van der Waals surface area contributed by atoms with Crippen molar-refractivity contribution in [2.75, 3.05) is 20.8 Å². The third kappa shape index (κ3) is 11.6. The van der Waals surface area contributed by atoms with Gasteiger partial charge >= 0.3 is 0 Å². The van der Waals surface area contributed by atoms with Gasteiger partial charge in [0.1, 0.15) is 0 Å². The third-order valence-electron chi connectivity index (χ3n) is 5.38. The maximum Gasteiger partial charge on any atom is 0.191 e. The molecule has 0 radical (unpaired) electrons. The monoisotopic (exact) mass is 360 g/mol. The maximum atomic E-state index is 6.22. The molecule has 0 aromatic carbocycles. The number of ether oxygens (including phenoxy) is 2. The average Bonchev–Trinajstić information content (AvgIpc) is 2.51. The van der Waals surface area contributed by atoms with Crippen LogP contribution < -0.4 is 0 Å². The van der Waals surface area contributed by atoms with Crippen LogP contribution in [-0.4, -0.2) is 35.4 Å². The van der Waals surface area contributed by atoms with Gasteiger partial charge in [0.25, 0.3) is 0 Å². The number of hydrogen-bond donors (Lipinski definition) is 0. The first-order valence-corrected chi connectivity index (χ1v) is 12.8. The van der Waals surface area contributed by atoms with Crippen molar-refractivity contribution in [1.29, 1.82) is 0 Å². The molecule has 0 saturated heterocycles. The highest BCUT2D eigenvalue weighted by Crippen LogP contribution is 2.36. The van der Waals surface area contributed by atoms with E-state index in [1.807, 2.05) is 0 Å². The molecule has 0 heterocycles. The van der Waals surface area contributed by atoms with Crippen LogP contribution in [0.1, 0.15) is 85.0 Å². The van der Waals surface area contributed by atoms with Gasteiger partial charge in [0.2, 0.25) is 0 Å². The highest BCUT2D eigenvalue weighted by atomic mass is 28.4. The SMILES string of the molecule is COC(CCCCCCCCCCCO[Si](C)(C)C(C)(C)C)OC. The molecule has 146 valence electrons. The van der Waals surface area contributed by atoms with Gasteiger partial charge in [0, 0.05) is 20.8 Å². The summed E-state index contributed by atoms with van der Waals surface area (Å²) in [5.74, 6) is 0. The van der Waals surface area contributed by atoms with Crippen LogP contribution in [0.15, 0.2) is 0 Å². The van der Waals surface area contributed by atoms with Gasteiger partial charge in [-0.15, -0.1) is 0 Å². The summed E-state index contributed by atoms with van der Waals surface area (Å²) in [6.45, 7) is 12.6. The van der Waals surface area contributed by atoms with Crippen molar-refractivity contribution < 1.29 is 13.9 Å². The second kappa shape index (κ2) is 13.3. The summed E-state index contributed by atoms with van der Waals surface area (Å²) in [5.41, 5.74) is 0. The van der Waals surface area contributed by atoms with Gasteiger partial charge in [-0.05, 0) is 37.4 Å². The van der Waals surface area contributed by atoms with Crippen molar-refractivity contribution in [3.8, 4) is 0 Å². The highest BCUT2D eigenvalue weighted by molar-refractivity contribution is 6.74. The number of methoxy groups -OCH3 is 2. The number of rotatable bonds is 15. The Morgan fingerprint density at radius 3 is 1.54 bits per heavy atom. The number of unbranched alkanes of at least 4 members (excludes halogenated alkanes) is 8. The Bertz CT molecular complexity index is 283. The van der Waals surface area contributed by atoms with E-state index in [1.54, 1.807) is 14.2 Å². The molecule has 4 heteroatoms. The normalized spacial score (nSPS) is 13.0. The summed E-state index contributed by atoms with van der Waals surface area (Å²) in [4.78, 5) is 0. The minimum atomic E-state index is -1.53. The van der Waals surface area contributed by atoms with Crippen LogP contribution in [-0.2, 0) is 13.9 Å². The van der Waals surface area contributed by atoms with Gasteiger partial charge in [-0.25, -0.2) is 0 Å². The van der Waals surface area contributed by atoms with Crippen LogP contribution in [0.3, 0.4) is 0 Å². The summed E-state index contributed by atoms with van der Waals surface area (Å²) >= 11 is 0. The first kappa shape index (κ1) is 24.1. The van der Waals surface area contributed by atoms with Gasteiger partial charge in [0.05, 0.1) is 0 Å². The van der Waals surface area contributed by atoms with Crippen LogP contribution in [0, 0.1) is 0 Å². The summed E-state index contributed by atoms with van der Waals surface area (Å²) in [7, 11) is 1.90. The molecule has 0 spiro atoms. The van der Waals surface area contributed by atoms with Crippen molar-refractivity contribution in [3.63, 3.8) is 0 Å². The van der Waals surface area contributed by atoms with Gasteiger partial charge < -0.3 is 13.9 Å². The lowest BCUT2D eigenvalue weighted by molar-refractivity contribution is -0.107. The van der Waals surface area contributed by atoms with E-state index in [9.17, 15) is 0 Å². The van der Waals surface area contributed by atoms with Gasteiger partial charge in [-0.3, -0.25) is 0 Å². The first-order valence-electron chi connectivity index (χ1n) is 9.94. The zero-order valence-corrected chi connectivity index (χ0v) is 18.6. The van der Waals surface area contributed by atoms with E-state index in [2.05, 4.69) is 33.9 Å². The van der Waals surface area contributed by atoms with Crippen molar-refractivity contribution >= 4 is 8.32 Å². The van der Waals surface area contributed by atoms with Crippen molar-refractivity contribution in [2.45, 2.75) is 109 Å². The Morgan fingerprint density at radius 1 is 0.708 bits per heavy atom. The Morgan fingerprint density at radius 2 is 1.12 bits per heavy atom. The fraction of sp³-hybridized carbons (Fsp3) is 1.00. The maximum absolute atomic E-state index is 6.22. The average molecular weight is 361 g/mol. The lowest BCUT2D eigenvalue weighted by atomic mass is 10.1. The van der Waals surface area contributed by atoms with Crippen LogP contribution in [0.5, 0.6) is 0 Å². The molecule has 0 aliphatic rings. The van der Waals surface area contributed by atoms with E-state index >= 15 is 0 Å². The zero-order valence-electron chi connectivity index (χ0n) is 17.6. The molecule has 24 heavy (non-hydrogen) atoms. The third-order valence-corrected chi connectivity index (χ3v) is 9.92. The minimum absolute atomic E-state index is 0.0152. The second-order valence-corrected chi connectivity index (χ2v) is 13.3. The molecule has 0 aromatic rings. The second-order valence-electron chi connectivity index (χ2n) is 8.48. The molecule has 0 amide bonds.